The summed E-state index contributed by atoms with van der Waals surface area (Å²) < 4.78 is 0. The summed E-state index contributed by atoms with van der Waals surface area (Å²) in [6.45, 7) is 10.6. The van der Waals surface area contributed by atoms with Crippen LogP contribution >= 0.6 is 0 Å². The van der Waals surface area contributed by atoms with Crippen molar-refractivity contribution in [1.82, 2.24) is 9.97 Å². The first-order valence-electron chi connectivity index (χ1n) is 7.37. The highest BCUT2D eigenvalue weighted by Gasteiger charge is 2.27. The number of hydrogen-bond acceptors (Lipinski definition) is 4. The van der Waals surface area contributed by atoms with Gasteiger partial charge in [0.05, 0.1) is 0 Å². The maximum Gasteiger partial charge on any atom is 0.225 e. The number of nitrogens with zero attached hydrogens (tertiary/aromatic N) is 3. The molecule has 1 saturated heterocycles. The van der Waals surface area contributed by atoms with Gasteiger partial charge in [0, 0.05) is 30.5 Å². The van der Waals surface area contributed by atoms with Crippen molar-refractivity contribution in [3.8, 4) is 0 Å². The monoisotopic (exact) mass is 262 g/mol. The van der Waals surface area contributed by atoms with Gasteiger partial charge in [-0.1, -0.05) is 27.2 Å². The van der Waals surface area contributed by atoms with E-state index in [1.54, 1.807) is 0 Å². The van der Waals surface area contributed by atoms with Crippen molar-refractivity contribution in [1.29, 1.82) is 0 Å². The first kappa shape index (κ1) is 14.3. The highest BCUT2D eigenvalue weighted by molar-refractivity contribution is 5.34. The summed E-state index contributed by atoms with van der Waals surface area (Å²) in [5.74, 6) is 1.88. The predicted octanol–water partition coefficient (Wildman–Crippen LogP) is 2.47. The molecule has 1 aromatic rings. The Balaban J connectivity index is 2.22. The summed E-state index contributed by atoms with van der Waals surface area (Å²) >= 11 is 0. The van der Waals surface area contributed by atoms with Crippen LogP contribution in [0, 0.1) is 12.8 Å². The van der Waals surface area contributed by atoms with E-state index in [-0.39, 0.29) is 0 Å². The lowest BCUT2D eigenvalue weighted by molar-refractivity contribution is 0.345. The van der Waals surface area contributed by atoms with Gasteiger partial charge >= 0.3 is 0 Å². The van der Waals surface area contributed by atoms with Gasteiger partial charge in [0.25, 0.3) is 0 Å². The number of anilines is 1. The van der Waals surface area contributed by atoms with Crippen LogP contribution in [0.2, 0.25) is 0 Å². The second kappa shape index (κ2) is 5.87. The lowest BCUT2D eigenvalue weighted by Gasteiger charge is -2.36. The quantitative estimate of drug-likeness (QED) is 0.909. The van der Waals surface area contributed by atoms with E-state index in [2.05, 4.69) is 36.7 Å². The molecule has 4 nitrogen and oxygen atoms in total. The molecule has 1 aromatic heterocycles. The largest absolute Gasteiger partial charge is 0.340 e. The minimum Gasteiger partial charge on any atom is -0.340 e. The topological polar surface area (TPSA) is 55.0 Å². The Morgan fingerprint density at radius 3 is 2.79 bits per heavy atom. The fourth-order valence-electron chi connectivity index (χ4n) is 2.68. The van der Waals surface area contributed by atoms with Crippen LogP contribution in [0.3, 0.4) is 0 Å². The van der Waals surface area contributed by atoms with E-state index in [1.807, 2.05) is 6.92 Å². The summed E-state index contributed by atoms with van der Waals surface area (Å²) in [5.41, 5.74) is 8.35. The van der Waals surface area contributed by atoms with Crippen LogP contribution in [0.15, 0.2) is 6.07 Å². The Hall–Kier alpha value is -1.16. The number of nitrogens with two attached hydrogens (primary N) is 1. The fraction of sp³-hybridized carbons (Fsp3) is 0.733. The molecule has 0 spiro atoms. The van der Waals surface area contributed by atoms with Gasteiger partial charge in [-0.3, -0.25) is 0 Å². The first-order valence-corrected chi connectivity index (χ1v) is 7.37. The zero-order valence-corrected chi connectivity index (χ0v) is 12.6. The van der Waals surface area contributed by atoms with Gasteiger partial charge in [-0.25, -0.2) is 9.97 Å². The standard InChI is InChI=1S/C15H26N4/c1-5-12-9-19(7-6-13(12)16)15-17-11(4)8-14(18-15)10(2)3/h8,10,12-13H,5-7,9,16H2,1-4H3. The lowest BCUT2D eigenvalue weighted by Crippen LogP contribution is -2.47. The fourth-order valence-corrected chi connectivity index (χ4v) is 2.68. The third-order valence-corrected chi connectivity index (χ3v) is 4.05. The van der Waals surface area contributed by atoms with Gasteiger partial charge in [0.1, 0.15) is 0 Å². The van der Waals surface area contributed by atoms with E-state index in [0.29, 0.717) is 17.9 Å². The molecule has 1 aliphatic rings. The summed E-state index contributed by atoms with van der Waals surface area (Å²) in [7, 11) is 0. The van der Waals surface area contributed by atoms with E-state index in [4.69, 9.17) is 10.7 Å². The Labute approximate surface area is 116 Å². The van der Waals surface area contributed by atoms with Crippen molar-refractivity contribution in [2.24, 2.45) is 11.7 Å². The highest BCUT2D eigenvalue weighted by Crippen LogP contribution is 2.23. The third-order valence-electron chi connectivity index (χ3n) is 4.05. The predicted molar refractivity (Wildman–Crippen MR) is 79.4 cm³/mol. The number of aryl methyl sites for hydroxylation is 1. The Bertz CT molecular complexity index is 430. The molecule has 0 aromatic carbocycles. The maximum absolute atomic E-state index is 6.17. The van der Waals surface area contributed by atoms with Crippen LogP contribution in [0.4, 0.5) is 5.95 Å². The van der Waals surface area contributed by atoms with Crippen molar-refractivity contribution < 1.29 is 0 Å². The molecule has 0 aliphatic carbocycles. The molecule has 2 unspecified atom stereocenters. The molecular weight excluding hydrogens is 236 g/mol. The number of hydrogen-bond donors (Lipinski definition) is 1. The van der Waals surface area contributed by atoms with E-state index in [9.17, 15) is 0 Å². The average molecular weight is 262 g/mol. The normalized spacial score (nSPS) is 24.0. The van der Waals surface area contributed by atoms with Crippen LogP contribution in [-0.4, -0.2) is 29.1 Å². The second-order valence-corrected chi connectivity index (χ2v) is 5.96. The van der Waals surface area contributed by atoms with Crippen molar-refractivity contribution in [3.05, 3.63) is 17.5 Å². The minimum absolute atomic E-state index is 0.329. The Morgan fingerprint density at radius 2 is 2.16 bits per heavy atom. The zero-order valence-electron chi connectivity index (χ0n) is 12.6. The average Bonchev–Trinajstić information content (AvgIpc) is 2.38. The Kier molecular flexibility index (Phi) is 4.40. The van der Waals surface area contributed by atoms with Crippen LogP contribution in [0.25, 0.3) is 0 Å². The summed E-state index contributed by atoms with van der Waals surface area (Å²) in [6.07, 6.45) is 2.16. The minimum atomic E-state index is 0.329. The molecule has 2 atom stereocenters. The van der Waals surface area contributed by atoms with E-state index in [1.165, 1.54) is 0 Å². The molecule has 1 fully saturated rings. The third kappa shape index (κ3) is 3.24. The van der Waals surface area contributed by atoms with Crippen molar-refractivity contribution in [2.45, 2.75) is 52.5 Å². The van der Waals surface area contributed by atoms with Crippen molar-refractivity contribution in [2.75, 3.05) is 18.0 Å². The highest BCUT2D eigenvalue weighted by atomic mass is 15.3. The van der Waals surface area contributed by atoms with E-state index >= 15 is 0 Å². The van der Waals surface area contributed by atoms with Crippen molar-refractivity contribution >= 4 is 5.95 Å². The van der Waals surface area contributed by atoms with Crippen LogP contribution in [-0.2, 0) is 0 Å². The first-order chi connectivity index (χ1) is 9.01. The van der Waals surface area contributed by atoms with Crippen LogP contribution in [0.5, 0.6) is 0 Å². The molecule has 0 saturated carbocycles. The summed E-state index contributed by atoms with van der Waals surface area (Å²) in [5, 5.41) is 0. The number of piperidine rings is 1. The van der Waals surface area contributed by atoms with Crippen LogP contribution < -0.4 is 10.6 Å². The summed E-state index contributed by atoms with van der Waals surface area (Å²) in [4.78, 5) is 11.6. The molecule has 2 rings (SSSR count). The molecule has 0 radical (unpaired) electrons. The Morgan fingerprint density at radius 1 is 1.42 bits per heavy atom. The van der Waals surface area contributed by atoms with Crippen molar-refractivity contribution in [3.63, 3.8) is 0 Å². The maximum atomic E-state index is 6.17. The molecule has 0 bridgehead atoms. The number of aromatic nitrogens is 2. The van der Waals surface area contributed by atoms with Crippen LogP contribution in [0.1, 0.15) is 50.9 Å². The molecule has 2 heterocycles. The molecular formula is C15H26N4. The smallest absolute Gasteiger partial charge is 0.225 e. The molecule has 4 heteroatoms. The van der Waals surface area contributed by atoms with E-state index in [0.717, 1.165) is 43.3 Å². The molecule has 106 valence electrons. The second-order valence-electron chi connectivity index (χ2n) is 5.96. The molecule has 19 heavy (non-hydrogen) atoms. The SMILES string of the molecule is CCC1CN(c2nc(C)cc(C(C)C)n2)CCC1N. The van der Waals surface area contributed by atoms with Gasteiger partial charge < -0.3 is 10.6 Å². The molecule has 1 aliphatic heterocycles. The van der Waals surface area contributed by atoms with E-state index < -0.39 is 0 Å². The van der Waals surface area contributed by atoms with Gasteiger partial charge in [-0.15, -0.1) is 0 Å². The molecule has 2 N–H and O–H groups in total. The van der Waals surface area contributed by atoms with Gasteiger partial charge in [-0.2, -0.15) is 0 Å². The van der Waals surface area contributed by atoms with Gasteiger partial charge in [0.2, 0.25) is 5.95 Å². The van der Waals surface area contributed by atoms with Gasteiger partial charge in [0.15, 0.2) is 0 Å². The number of rotatable bonds is 3. The lowest BCUT2D eigenvalue weighted by atomic mass is 9.91. The zero-order chi connectivity index (χ0) is 14.0. The van der Waals surface area contributed by atoms with Gasteiger partial charge in [-0.05, 0) is 31.2 Å². The summed E-state index contributed by atoms with van der Waals surface area (Å²) in [6, 6.07) is 2.41. The molecule has 0 amide bonds.